The van der Waals surface area contributed by atoms with E-state index in [-0.39, 0.29) is 25.7 Å². The quantitative estimate of drug-likeness (QED) is 0.595. The molecule has 34 heavy (non-hydrogen) atoms. The highest BCUT2D eigenvalue weighted by Crippen LogP contribution is 2.59. The predicted octanol–water partition coefficient (Wildman–Crippen LogP) is 2.61. The van der Waals surface area contributed by atoms with E-state index in [1.807, 2.05) is 19.2 Å². The molecular weight excluding hydrogens is 446 g/mol. The molecule has 2 aromatic rings. The molecule has 0 saturated carbocycles. The molecule has 182 valence electrons. The monoisotopic (exact) mass is 473 g/mol. The van der Waals surface area contributed by atoms with Gasteiger partial charge in [0.1, 0.15) is 6.10 Å². The van der Waals surface area contributed by atoms with Gasteiger partial charge >= 0.3 is 11.9 Å². The summed E-state index contributed by atoms with van der Waals surface area (Å²) < 4.78 is 22.6. The molecule has 0 saturated heterocycles. The number of rotatable bonds is 5. The first-order chi connectivity index (χ1) is 16.3. The number of methoxy groups -OCH3 is 2. The van der Waals surface area contributed by atoms with E-state index in [0.29, 0.717) is 11.5 Å². The van der Waals surface area contributed by atoms with E-state index >= 15 is 0 Å². The van der Waals surface area contributed by atoms with Crippen molar-refractivity contribution < 1.29 is 43.9 Å². The highest BCUT2D eigenvalue weighted by Gasteiger charge is 2.44. The molecule has 3 aliphatic rings. The number of likely N-dealkylation sites (N-methyl/N-ethyl adjacent to an activating group) is 1. The van der Waals surface area contributed by atoms with Crippen molar-refractivity contribution in [2.24, 2.45) is 0 Å². The van der Waals surface area contributed by atoms with Crippen LogP contribution < -0.4 is 18.9 Å². The van der Waals surface area contributed by atoms with Gasteiger partial charge in [-0.25, -0.2) is 0 Å². The van der Waals surface area contributed by atoms with Crippen LogP contribution in [0, 0.1) is 0 Å². The predicted molar refractivity (Wildman–Crippen MR) is 120 cm³/mol. The van der Waals surface area contributed by atoms with Gasteiger partial charge in [0.25, 0.3) is 0 Å². The van der Waals surface area contributed by atoms with E-state index in [4.69, 9.17) is 29.2 Å². The van der Waals surface area contributed by atoms with Gasteiger partial charge in [-0.3, -0.25) is 14.5 Å². The number of aliphatic carboxylic acids is 2. The van der Waals surface area contributed by atoms with Gasteiger partial charge in [0, 0.05) is 17.7 Å². The minimum absolute atomic E-state index is 0.156. The first kappa shape index (κ1) is 23.7. The average Bonchev–Trinajstić information content (AvgIpc) is 3.28. The molecule has 0 aromatic heterocycles. The Morgan fingerprint density at radius 2 is 1.79 bits per heavy atom. The molecule has 0 bridgehead atoms. The standard InChI is InChI=1S/C20H21NO5.C4H6O4/c1-21-7-6-10-8-13-20(26-9-25-13)15-11-4-5-12(23-2)19(24-3)16(11)18(22)17(21)14(10)15;5-3(6)1-2-4(7)8/h4-5,8,17-18,22H,6-7,9H2,1-3H3;1-2H2,(H,5,6)(H,7,8)/t17-,18+;/m0./s1. The molecule has 10 heteroatoms. The van der Waals surface area contributed by atoms with Crippen LogP contribution in [-0.2, 0) is 16.0 Å². The van der Waals surface area contributed by atoms with Crippen LogP contribution in [0.2, 0.25) is 0 Å². The van der Waals surface area contributed by atoms with Crippen molar-refractivity contribution >= 4 is 11.9 Å². The van der Waals surface area contributed by atoms with Crippen molar-refractivity contribution in [1.29, 1.82) is 0 Å². The second kappa shape index (κ2) is 9.40. The number of fused-ring (bicyclic) bond motifs is 4. The Morgan fingerprint density at radius 1 is 1.09 bits per heavy atom. The van der Waals surface area contributed by atoms with Crippen molar-refractivity contribution in [3.05, 3.63) is 34.9 Å². The molecule has 0 unspecified atom stereocenters. The molecule has 5 rings (SSSR count). The molecule has 2 heterocycles. The van der Waals surface area contributed by atoms with E-state index in [1.165, 1.54) is 5.56 Å². The zero-order valence-corrected chi connectivity index (χ0v) is 19.2. The van der Waals surface area contributed by atoms with Gasteiger partial charge in [-0.05, 0) is 48.4 Å². The molecular formula is C24H27NO9. The zero-order valence-electron chi connectivity index (χ0n) is 19.2. The Labute approximate surface area is 196 Å². The highest BCUT2D eigenvalue weighted by molar-refractivity contribution is 5.86. The van der Waals surface area contributed by atoms with Crippen LogP contribution in [0.5, 0.6) is 23.0 Å². The average molecular weight is 473 g/mol. The third-order valence-corrected chi connectivity index (χ3v) is 6.29. The number of ether oxygens (including phenoxy) is 4. The van der Waals surface area contributed by atoms with Crippen LogP contribution in [0.15, 0.2) is 18.2 Å². The fourth-order valence-corrected chi connectivity index (χ4v) is 4.81. The summed E-state index contributed by atoms with van der Waals surface area (Å²) in [4.78, 5) is 21.5. The van der Waals surface area contributed by atoms with Crippen LogP contribution in [0.25, 0.3) is 11.1 Å². The fraction of sp³-hybridized carbons (Fsp3) is 0.417. The molecule has 1 aliphatic carbocycles. The lowest BCUT2D eigenvalue weighted by atomic mass is 9.74. The van der Waals surface area contributed by atoms with E-state index in [2.05, 4.69) is 11.0 Å². The lowest BCUT2D eigenvalue weighted by Gasteiger charge is -2.43. The lowest BCUT2D eigenvalue weighted by Crippen LogP contribution is -2.38. The number of hydrogen-bond donors (Lipinski definition) is 3. The van der Waals surface area contributed by atoms with Crippen LogP contribution in [0.4, 0.5) is 0 Å². The number of carbonyl (C=O) groups is 2. The molecule has 2 aliphatic heterocycles. The molecule has 10 nitrogen and oxygen atoms in total. The summed E-state index contributed by atoms with van der Waals surface area (Å²) in [6.07, 6.45) is -0.390. The van der Waals surface area contributed by atoms with Gasteiger partial charge in [-0.1, -0.05) is 0 Å². The Morgan fingerprint density at radius 3 is 2.41 bits per heavy atom. The SMILES string of the molecule is COc1ccc2c(c1OC)[C@@H](O)[C@@H]1c3c(cc4c(c3-2)OCO4)CCN1C.O=C(O)CCC(=O)O. The van der Waals surface area contributed by atoms with E-state index in [1.54, 1.807) is 14.2 Å². The number of aliphatic hydroxyl groups is 1. The first-order valence-electron chi connectivity index (χ1n) is 10.8. The molecule has 0 radical (unpaired) electrons. The van der Waals surface area contributed by atoms with E-state index in [9.17, 15) is 14.7 Å². The Bertz CT molecular complexity index is 1120. The minimum Gasteiger partial charge on any atom is -0.493 e. The maximum absolute atomic E-state index is 11.3. The second-order valence-electron chi connectivity index (χ2n) is 8.23. The normalized spacial score (nSPS) is 19.3. The summed E-state index contributed by atoms with van der Waals surface area (Å²) in [5, 5.41) is 27.1. The molecule has 2 atom stereocenters. The maximum Gasteiger partial charge on any atom is 0.303 e. The fourth-order valence-electron chi connectivity index (χ4n) is 4.81. The minimum atomic E-state index is -1.08. The van der Waals surface area contributed by atoms with Gasteiger partial charge in [0.2, 0.25) is 6.79 Å². The summed E-state index contributed by atoms with van der Waals surface area (Å²) in [7, 11) is 5.25. The second-order valence-corrected chi connectivity index (χ2v) is 8.23. The first-order valence-corrected chi connectivity index (χ1v) is 10.8. The van der Waals surface area contributed by atoms with Crippen LogP contribution in [0.1, 0.15) is 41.7 Å². The summed E-state index contributed by atoms with van der Waals surface area (Å²) in [6, 6.07) is 5.76. The zero-order chi connectivity index (χ0) is 24.6. The highest BCUT2D eigenvalue weighted by atomic mass is 16.7. The van der Waals surface area contributed by atoms with E-state index < -0.39 is 18.0 Å². The molecule has 3 N–H and O–H groups in total. The Kier molecular flexibility index (Phi) is 6.54. The third kappa shape index (κ3) is 3.99. The number of hydrogen-bond acceptors (Lipinski definition) is 8. The van der Waals surface area contributed by atoms with Crippen molar-refractivity contribution in [2.75, 3.05) is 34.6 Å². The number of aliphatic hydroxyl groups excluding tert-OH is 1. The van der Waals surface area contributed by atoms with Gasteiger partial charge in [0.15, 0.2) is 23.0 Å². The maximum atomic E-state index is 11.3. The Hall–Kier alpha value is -3.50. The largest absolute Gasteiger partial charge is 0.493 e. The van der Waals surface area contributed by atoms with Gasteiger partial charge in [0.05, 0.1) is 33.1 Å². The molecule has 0 amide bonds. The summed E-state index contributed by atoms with van der Waals surface area (Å²) in [5.41, 5.74) is 5.02. The number of nitrogens with zero attached hydrogens (tertiary/aromatic N) is 1. The van der Waals surface area contributed by atoms with Crippen LogP contribution >= 0.6 is 0 Å². The summed E-state index contributed by atoms with van der Waals surface area (Å²) >= 11 is 0. The van der Waals surface area contributed by atoms with Crippen molar-refractivity contribution in [3.8, 4) is 34.1 Å². The van der Waals surface area contributed by atoms with Crippen LogP contribution in [0.3, 0.4) is 0 Å². The van der Waals surface area contributed by atoms with E-state index in [0.717, 1.165) is 46.7 Å². The van der Waals surface area contributed by atoms with Crippen molar-refractivity contribution in [1.82, 2.24) is 4.90 Å². The topological polar surface area (TPSA) is 135 Å². The number of carboxylic acid groups (broad SMARTS) is 2. The van der Waals surface area contributed by atoms with Crippen molar-refractivity contribution in [3.63, 3.8) is 0 Å². The number of benzene rings is 2. The molecule has 2 aromatic carbocycles. The van der Waals surface area contributed by atoms with Gasteiger partial charge < -0.3 is 34.3 Å². The lowest BCUT2D eigenvalue weighted by molar-refractivity contribution is -0.143. The Balaban J connectivity index is 0.000000297. The van der Waals surface area contributed by atoms with Gasteiger partial charge in [-0.2, -0.15) is 0 Å². The van der Waals surface area contributed by atoms with Crippen molar-refractivity contribution in [2.45, 2.75) is 31.4 Å². The molecule has 0 spiro atoms. The molecule has 0 fully saturated rings. The third-order valence-electron chi connectivity index (χ3n) is 6.29. The number of carboxylic acids is 2. The van der Waals surface area contributed by atoms with Gasteiger partial charge in [-0.15, -0.1) is 0 Å². The summed E-state index contributed by atoms with van der Waals surface area (Å²) in [5.74, 6) is 0.556. The summed E-state index contributed by atoms with van der Waals surface area (Å²) in [6.45, 7) is 1.09. The smallest absolute Gasteiger partial charge is 0.303 e. The van der Waals surface area contributed by atoms with Crippen LogP contribution in [-0.4, -0.2) is 66.8 Å².